The monoisotopic (exact) mass is 457 g/mol. The molecule has 0 aromatic heterocycles. The zero-order valence-corrected chi connectivity index (χ0v) is 19.2. The molecule has 2 amide bonds. The van der Waals surface area contributed by atoms with Crippen molar-refractivity contribution in [3.05, 3.63) is 59.7 Å². The third kappa shape index (κ3) is 6.90. The number of anilines is 1. The summed E-state index contributed by atoms with van der Waals surface area (Å²) in [6.07, 6.45) is 2.42. The van der Waals surface area contributed by atoms with E-state index < -0.39 is 9.84 Å². The molecule has 0 bridgehead atoms. The maximum Gasteiger partial charge on any atom is 0.225 e. The molecule has 172 valence electrons. The largest absolute Gasteiger partial charge is 0.369 e. The molecule has 0 spiro atoms. The molecule has 3 rings (SSSR count). The maximum absolute atomic E-state index is 12.4. The summed E-state index contributed by atoms with van der Waals surface area (Å²) in [7, 11) is -3.49. The van der Waals surface area contributed by atoms with E-state index in [1.165, 1.54) is 0 Å². The van der Waals surface area contributed by atoms with Gasteiger partial charge in [0.2, 0.25) is 11.8 Å². The highest BCUT2D eigenvalue weighted by atomic mass is 32.2. The number of hydrogen-bond acceptors (Lipinski definition) is 5. The van der Waals surface area contributed by atoms with Gasteiger partial charge in [0.05, 0.1) is 10.6 Å². The van der Waals surface area contributed by atoms with Gasteiger partial charge in [-0.05, 0) is 69.1 Å². The lowest BCUT2D eigenvalue weighted by atomic mass is 9.96. The Hall–Kier alpha value is -2.71. The number of hydrogen-bond donors (Lipinski definition) is 2. The summed E-state index contributed by atoms with van der Waals surface area (Å²) in [5.41, 5.74) is 8.17. The van der Waals surface area contributed by atoms with Crippen LogP contribution in [0.25, 0.3) is 0 Å². The number of rotatable bonds is 9. The van der Waals surface area contributed by atoms with Crippen LogP contribution in [0.1, 0.15) is 30.4 Å². The van der Waals surface area contributed by atoms with Gasteiger partial charge in [0.15, 0.2) is 9.84 Å². The summed E-state index contributed by atoms with van der Waals surface area (Å²) in [5, 5.41) is 2.77. The molecule has 0 saturated carbocycles. The van der Waals surface area contributed by atoms with Crippen molar-refractivity contribution in [2.75, 3.05) is 30.7 Å². The molecule has 0 unspecified atom stereocenters. The van der Waals surface area contributed by atoms with E-state index in [0.717, 1.165) is 50.0 Å². The first-order chi connectivity index (χ1) is 15.2. The van der Waals surface area contributed by atoms with Crippen LogP contribution in [-0.2, 0) is 25.8 Å². The summed E-state index contributed by atoms with van der Waals surface area (Å²) < 4.78 is 24.8. The highest BCUT2D eigenvalue weighted by Gasteiger charge is 2.22. The molecule has 32 heavy (non-hydrogen) atoms. The van der Waals surface area contributed by atoms with Gasteiger partial charge in [-0.2, -0.15) is 0 Å². The third-order valence-electron chi connectivity index (χ3n) is 5.92. The number of nitrogens with two attached hydrogens (primary N) is 1. The molecule has 1 aliphatic rings. The number of amides is 2. The fourth-order valence-corrected chi connectivity index (χ4v) is 5.04. The molecular weight excluding hydrogens is 426 g/mol. The first-order valence-electron chi connectivity index (χ1n) is 10.9. The minimum Gasteiger partial charge on any atom is -0.369 e. The lowest BCUT2D eigenvalue weighted by molar-refractivity contribution is -0.123. The van der Waals surface area contributed by atoms with Crippen LogP contribution in [0.3, 0.4) is 0 Å². The van der Waals surface area contributed by atoms with Gasteiger partial charge in [-0.25, -0.2) is 8.42 Å². The quantitative estimate of drug-likeness (QED) is 0.601. The molecule has 1 aliphatic heterocycles. The average Bonchev–Trinajstić information content (AvgIpc) is 2.78. The predicted molar refractivity (Wildman–Crippen MR) is 125 cm³/mol. The molecule has 1 heterocycles. The van der Waals surface area contributed by atoms with Crippen LogP contribution in [0.5, 0.6) is 0 Å². The van der Waals surface area contributed by atoms with Gasteiger partial charge in [-0.1, -0.05) is 29.8 Å². The molecule has 0 radical (unpaired) electrons. The topological polar surface area (TPSA) is 110 Å². The van der Waals surface area contributed by atoms with Gasteiger partial charge in [0.1, 0.15) is 0 Å². The van der Waals surface area contributed by atoms with Gasteiger partial charge in [-0.3, -0.25) is 9.59 Å². The second-order valence-electron chi connectivity index (χ2n) is 8.40. The van der Waals surface area contributed by atoms with Crippen molar-refractivity contribution in [2.45, 2.75) is 37.5 Å². The van der Waals surface area contributed by atoms with Gasteiger partial charge < -0.3 is 16.0 Å². The number of sulfone groups is 1. The first kappa shape index (κ1) is 23.9. The molecule has 3 N–H and O–H groups in total. The van der Waals surface area contributed by atoms with Crippen LogP contribution in [0.4, 0.5) is 5.69 Å². The number of benzene rings is 2. The van der Waals surface area contributed by atoms with Crippen molar-refractivity contribution in [1.29, 1.82) is 0 Å². The second-order valence-corrected chi connectivity index (χ2v) is 10.5. The van der Waals surface area contributed by atoms with Crippen molar-refractivity contribution in [3.63, 3.8) is 0 Å². The Bertz CT molecular complexity index is 1030. The minimum atomic E-state index is -3.49. The van der Waals surface area contributed by atoms with E-state index in [1.807, 2.05) is 31.2 Å². The molecular formula is C24H31N3O4S. The summed E-state index contributed by atoms with van der Waals surface area (Å²) in [6.45, 7) is 4.57. The molecule has 0 aliphatic carbocycles. The van der Waals surface area contributed by atoms with Crippen molar-refractivity contribution >= 4 is 27.3 Å². The molecule has 1 fully saturated rings. The van der Waals surface area contributed by atoms with Crippen LogP contribution in [0.2, 0.25) is 0 Å². The first-order valence-corrected chi connectivity index (χ1v) is 12.6. The Morgan fingerprint density at radius 2 is 1.66 bits per heavy atom. The van der Waals surface area contributed by atoms with Crippen LogP contribution >= 0.6 is 0 Å². The van der Waals surface area contributed by atoms with Crippen LogP contribution in [0.15, 0.2) is 53.4 Å². The average molecular weight is 458 g/mol. The van der Waals surface area contributed by atoms with Gasteiger partial charge in [0, 0.05) is 24.6 Å². The Morgan fingerprint density at radius 1 is 1.03 bits per heavy atom. The zero-order chi connectivity index (χ0) is 23.1. The summed E-state index contributed by atoms with van der Waals surface area (Å²) in [5.74, 6) is -0.756. The second kappa shape index (κ2) is 10.7. The summed E-state index contributed by atoms with van der Waals surface area (Å²) >= 11 is 0. The number of carbonyl (C=O) groups is 2. The van der Waals surface area contributed by atoms with E-state index in [-0.39, 0.29) is 34.8 Å². The van der Waals surface area contributed by atoms with E-state index in [2.05, 4.69) is 10.2 Å². The number of likely N-dealkylation sites (tertiary alicyclic amines) is 1. The maximum atomic E-state index is 12.4. The summed E-state index contributed by atoms with van der Waals surface area (Å²) in [6, 6.07) is 14.2. The van der Waals surface area contributed by atoms with E-state index in [4.69, 9.17) is 5.73 Å². The van der Waals surface area contributed by atoms with Crippen molar-refractivity contribution < 1.29 is 18.0 Å². The normalized spacial score (nSPS) is 15.4. The number of nitrogens with one attached hydrogen (secondary N) is 1. The predicted octanol–water partition coefficient (Wildman–Crippen LogP) is 2.54. The standard InChI is InChI=1S/C24H31N3O4S/c1-18-2-8-22(9-3-18)32(30,31)17-13-23(28)26-21-6-4-19(5-7-21)10-14-27-15-11-20(12-16-27)24(25)29/h2-9,20H,10-17H2,1H3,(H2,25,29)(H,26,28). The summed E-state index contributed by atoms with van der Waals surface area (Å²) in [4.78, 5) is 26.1. The van der Waals surface area contributed by atoms with E-state index in [0.29, 0.717) is 5.69 Å². The Morgan fingerprint density at radius 3 is 2.25 bits per heavy atom. The lowest BCUT2D eigenvalue weighted by Gasteiger charge is -2.30. The number of primary amides is 1. The van der Waals surface area contributed by atoms with Gasteiger partial charge in [-0.15, -0.1) is 0 Å². The number of nitrogens with zero attached hydrogens (tertiary/aromatic N) is 1. The molecule has 0 atom stereocenters. The van der Waals surface area contributed by atoms with Crippen LogP contribution in [0, 0.1) is 12.8 Å². The van der Waals surface area contributed by atoms with Crippen LogP contribution < -0.4 is 11.1 Å². The number of carbonyl (C=O) groups excluding carboxylic acids is 2. The smallest absolute Gasteiger partial charge is 0.225 e. The number of aryl methyl sites for hydroxylation is 1. The Kier molecular flexibility index (Phi) is 8.04. The van der Waals surface area contributed by atoms with E-state index >= 15 is 0 Å². The highest BCUT2D eigenvalue weighted by molar-refractivity contribution is 7.91. The highest BCUT2D eigenvalue weighted by Crippen LogP contribution is 2.18. The fraction of sp³-hybridized carbons (Fsp3) is 0.417. The SMILES string of the molecule is Cc1ccc(S(=O)(=O)CCC(=O)Nc2ccc(CCN3CCC(C(N)=O)CC3)cc2)cc1. The molecule has 1 saturated heterocycles. The van der Waals surface area contributed by atoms with Crippen molar-refractivity contribution in [2.24, 2.45) is 11.7 Å². The van der Waals surface area contributed by atoms with E-state index in [9.17, 15) is 18.0 Å². The van der Waals surface area contributed by atoms with E-state index in [1.54, 1.807) is 24.3 Å². The molecule has 2 aromatic rings. The van der Waals surface area contributed by atoms with Crippen LogP contribution in [-0.4, -0.2) is 50.5 Å². The van der Waals surface area contributed by atoms with Crippen molar-refractivity contribution in [3.8, 4) is 0 Å². The molecule has 2 aromatic carbocycles. The zero-order valence-electron chi connectivity index (χ0n) is 18.4. The van der Waals surface area contributed by atoms with Crippen molar-refractivity contribution in [1.82, 2.24) is 4.90 Å². The minimum absolute atomic E-state index is 0.000947. The fourth-order valence-electron chi connectivity index (χ4n) is 3.80. The Balaban J connectivity index is 1.42. The molecule has 7 nitrogen and oxygen atoms in total. The molecule has 8 heteroatoms. The van der Waals surface area contributed by atoms with Gasteiger partial charge >= 0.3 is 0 Å². The Labute approximate surface area is 189 Å². The third-order valence-corrected chi connectivity index (χ3v) is 7.65. The van der Waals surface area contributed by atoms with Gasteiger partial charge in [0.25, 0.3) is 0 Å². The number of piperidine rings is 1. The lowest BCUT2D eigenvalue weighted by Crippen LogP contribution is -2.39.